The van der Waals surface area contributed by atoms with Gasteiger partial charge in [-0.05, 0) is 48.7 Å². The van der Waals surface area contributed by atoms with Gasteiger partial charge in [-0.2, -0.15) is 0 Å². The summed E-state index contributed by atoms with van der Waals surface area (Å²) in [6, 6.07) is 12.1. The molecule has 3 nitrogen and oxygen atoms in total. The summed E-state index contributed by atoms with van der Waals surface area (Å²) >= 11 is 0. The second-order valence-electron chi connectivity index (χ2n) is 4.76. The van der Waals surface area contributed by atoms with E-state index in [-0.39, 0.29) is 5.82 Å². The van der Waals surface area contributed by atoms with Gasteiger partial charge in [-0.3, -0.25) is 0 Å². The van der Waals surface area contributed by atoms with Crippen LogP contribution in [0.1, 0.15) is 17.5 Å². The highest BCUT2D eigenvalue weighted by atomic mass is 19.1. The molecule has 0 aromatic heterocycles. The van der Waals surface area contributed by atoms with E-state index in [9.17, 15) is 4.39 Å². The van der Waals surface area contributed by atoms with Crippen LogP contribution in [0.15, 0.2) is 42.5 Å². The van der Waals surface area contributed by atoms with Gasteiger partial charge in [-0.1, -0.05) is 24.3 Å². The van der Waals surface area contributed by atoms with Gasteiger partial charge in [0.15, 0.2) is 11.5 Å². The lowest BCUT2D eigenvalue weighted by atomic mass is 10.1. The molecule has 0 aliphatic heterocycles. The third-order valence-corrected chi connectivity index (χ3v) is 3.23. The Morgan fingerprint density at radius 3 is 2.52 bits per heavy atom. The summed E-state index contributed by atoms with van der Waals surface area (Å²) in [7, 11) is 1.62. The van der Waals surface area contributed by atoms with Gasteiger partial charge in [0.25, 0.3) is 0 Å². The van der Waals surface area contributed by atoms with E-state index >= 15 is 0 Å². The lowest BCUT2D eigenvalue weighted by Crippen LogP contribution is -2.04. The third-order valence-electron chi connectivity index (χ3n) is 3.23. The van der Waals surface area contributed by atoms with Crippen molar-refractivity contribution in [3.8, 4) is 11.5 Å². The van der Waals surface area contributed by atoms with Crippen LogP contribution in [-0.2, 0) is 13.0 Å². The normalized spacial score (nSPS) is 10.4. The molecular formula is C17H20FNO2. The van der Waals surface area contributed by atoms with Crippen molar-refractivity contribution < 1.29 is 13.9 Å². The maximum absolute atomic E-state index is 12.9. The molecule has 21 heavy (non-hydrogen) atoms. The van der Waals surface area contributed by atoms with Crippen molar-refractivity contribution in [3.63, 3.8) is 0 Å². The Balaban J connectivity index is 2.14. The summed E-state index contributed by atoms with van der Waals surface area (Å²) in [6.07, 6.45) is 1.73. The number of hydrogen-bond donors (Lipinski definition) is 1. The fourth-order valence-electron chi connectivity index (χ4n) is 2.11. The summed E-state index contributed by atoms with van der Waals surface area (Å²) in [5.74, 6) is 1.18. The molecule has 2 N–H and O–H groups in total. The maximum Gasteiger partial charge on any atom is 0.164 e. The number of aryl methyl sites for hydroxylation is 1. The van der Waals surface area contributed by atoms with Crippen molar-refractivity contribution in [2.24, 2.45) is 5.73 Å². The second-order valence-corrected chi connectivity index (χ2v) is 4.76. The Hall–Kier alpha value is -2.07. The zero-order valence-electron chi connectivity index (χ0n) is 12.1. The van der Waals surface area contributed by atoms with Crippen molar-refractivity contribution in [2.75, 3.05) is 13.7 Å². The zero-order valence-corrected chi connectivity index (χ0v) is 12.1. The molecule has 0 bridgehead atoms. The van der Waals surface area contributed by atoms with Gasteiger partial charge in [0.1, 0.15) is 12.4 Å². The number of para-hydroxylation sites is 1. The Labute approximate surface area is 124 Å². The third kappa shape index (κ3) is 4.20. The van der Waals surface area contributed by atoms with Gasteiger partial charge in [0.2, 0.25) is 0 Å². The molecule has 0 radical (unpaired) electrons. The van der Waals surface area contributed by atoms with Gasteiger partial charge in [0.05, 0.1) is 7.11 Å². The van der Waals surface area contributed by atoms with Crippen LogP contribution in [-0.4, -0.2) is 13.7 Å². The minimum Gasteiger partial charge on any atom is -0.493 e. The first kappa shape index (κ1) is 15.3. The summed E-state index contributed by atoms with van der Waals surface area (Å²) < 4.78 is 24.2. The molecule has 0 atom stereocenters. The molecule has 0 aliphatic rings. The smallest absolute Gasteiger partial charge is 0.164 e. The average Bonchev–Trinajstić information content (AvgIpc) is 2.52. The second kappa shape index (κ2) is 7.64. The summed E-state index contributed by atoms with van der Waals surface area (Å²) in [5, 5.41) is 0. The number of methoxy groups -OCH3 is 1. The fourth-order valence-corrected chi connectivity index (χ4v) is 2.11. The minimum absolute atomic E-state index is 0.250. The molecule has 0 amide bonds. The molecule has 0 spiro atoms. The van der Waals surface area contributed by atoms with Crippen LogP contribution in [0.3, 0.4) is 0 Å². The minimum atomic E-state index is -0.250. The predicted molar refractivity (Wildman–Crippen MR) is 81.1 cm³/mol. The molecule has 0 aliphatic carbocycles. The van der Waals surface area contributed by atoms with Crippen LogP contribution in [0.2, 0.25) is 0 Å². The molecule has 0 saturated carbocycles. The van der Waals surface area contributed by atoms with E-state index in [4.69, 9.17) is 15.2 Å². The predicted octanol–water partition coefficient (Wildman–Crippen LogP) is 3.30. The molecule has 2 aromatic rings. The molecule has 0 heterocycles. The number of nitrogens with two attached hydrogens (primary N) is 1. The number of rotatable bonds is 7. The SMILES string of the molecule is COc1cccc(CCCN)c1OCc1ccc(F)cc1. The van der Waals surface area contributed by atoms with E-state index in [1.165, 1.54) is 12.1 Å². The van der Waals surface area contributed by atoms with Crippen LogP contribution >= 0.6 is 0 Å². The molecule has 0 unspecified atom stereocenters. The van der Waals surface area contributed by atoms with E-state index in [1.807, 2.05) is 18.2 Å². The highest BCUT2D eigenvalue weighted by Crippen LogP contribution is 2.32. The van der Waals surface area contributed by atoms with E-state index in [2.05, 4.69) is 0 Å². The van der Waals surface area contributed by atoms with Crippen molar-refractivity contribution >= 4 is 0 Å². The molecular weight excluding hydrogens is 269 g/mol. The molecule has 112 valence electrons. The Morgan fingerprint density at radius 1 is 1.10 bits per heavy atom. The monoisotopic (exact) mass is 289 g/mol. The van der Waals surface area contributed by atoms with Crippen molar-refractivity contribution in [1.82, 2.24) is 0 Å². The Bertz CT molecular complexity index is 570. The standard InChI is InChI=1S/C17H20FNO2/c1-20-16-6-2-4-14(5-3-11-19)17(16)21-12-13-7-9-15(18)10-8-13/h2,4,6-10H,3,5,11-12,19H2,1H3. The highest BCUT2D eigenvalue weighted by Gasteiger charge is 2.10. The fraction of sp³-hybridized carbons (Fsp3) is 0.294. The Morgan fingerprint density at radius 2 is 1.86 bits per heavy atom. The van der Waals surface area contributed by atoms with Crippen LogP contribution in [0.25, 0.3) is 0 Å². The van der Waals surface area contributed by atoms with Gasteiger partial charge in [-0.25, -0.2) is 4.39 Å². The average molecular weight is 289 g/mol. The quantitative estimate of drug-likeness (QED) is 0.850. The molecule has 0 saturated heterocycles. The van der Waals surface area contributed by atoms with Crippen LogP contribution in [0.5, 0.6) is 11.5 Å². The van der Waals surface area contributed by atoms with E-state index in [0.717, 1.165) is 29.7 Å². The number of halogens is 1. The van der Waals surface area contributed by atoms with Gasteiger partial charge >= 0.3 is 0 Å². The van der Waals surface area contributed by atoms with Gasteiger partial charge in [0, 0.05) is 0 Å². The lowest BCUT2D eigenvalue weighted by molar-refractivity contribution is 0.281. The largest absolute Gasteiger partial charge is 0.493 e. The number of ether oxygens (including phenoxy) is 2. The van der Waals surface area contributed by atoms with E-state index < -0.39 is 0 Å². The highest BCUT2D eigenvalue weighted by molar-refractivity contribution is 5.46. The summed E-state index contributed by atoms with van der Waals surface area (Å²) in [6.45, 7) is 1.00. The number of benzene rings is 2. The molecule has 4 heteroatoms. The van der Waals surface area contributed by atoms with Crippen molar-refractivity contribution in [2.45, 2.75) is 19.4 Å². The van der Waals surface area contributed by atoms with Crippen LogP contribution in [0.4, 0.5) is 4.39 Å². The van der Waals surface area contributed by atoms with Crippen LogP contribution < -0.4 is 15.2 Å². The number of hydrogen-bond acceptors (Lipinski definition) is 3. The van der Waals surface area contributed by atoms with Gasteiger partial charge < -0.3 is 15.2 Å². The molecule has 0 fully saturated rings. The lowest BCUT2D eigenvalue weighted by Gasteiger charge is -2.15. The molecule has 2 aromatic carbocycles. The first-order chi connectivity index (χ1) is 10.2. The topological polar surface area (TPSA) is 44.5 Å². The van der Waals surface area contributed by atoms with E-state index in [1.54, 1.807) is 19.2 Å². The van der Waals surface area contributed by atoms with E-state index in [0.29, 0.717) is 18.9 Å². The zero-order chi connectivity index (χ0) is 15.1. The van der Waals surface area contributed by atoms with Gasteiger partial charge in [-0.15, -0.1) is 0 Å². The van der Waals surface area contributed by atoms with Crippen molar-refractivity contribution in [1.29, 1.82) is 0 Å². The first-order valence-corrected chi connectivity index (χ1v) is 6.97. The summed E-state index contributed by atoms with van der Waals surface area (Å²) in [4.78, 5) is 0. The van der Waals surface area contributed by atoms with Crippen LogP contribution in [0, 0.1) is 5.82 Å². The van der Waals surface area contributed by atoms with Crippen molar-refractivity contribution in [3.05, 3.63) is 59.4 Å². The molecule has 2 rings (SSSR count). The maximum atomic E-state index is 12.9. The summed E-state index contributed by atoms with van der Waals surface area (Å²) in [5.41, 5.74) is 7.55. The Kier molecular flexibility index (Phi) is 5.58. The first-order valence-electron chi connectivity index (χ1n) is 6.97.